The first-order valence-corrected chi connectivity index (χ1v) is 6.71. The zero-order valence-corrected chi connectivity index (χ0v) is 11.9. The molecular formula is C15H22N2O2. The average molecular weight is 262 g/mol. The van der Waals surface area contributed by atoms with Gasteiger partial charge in [-0.1, -0.05) is 30.3 Å². The van der Waals surface area contributed by atoms with Crippen LogP contribution in [0.15, 0.2) is 30.3 Å². The maximum absolute atomic E-state index is 12.8. The first-order valence-electron chi connectivity index (χ1n) is 6.71. The lowest BCUT2D eigenvalue weighted by Gasteiger charge is -2.37. The third-order valence-corrected chi connectivity index (χ3v) is 3.52. The van der Waals surface area contributed by atoms with Crippen molar-refractivity contribution in [2.24, 2.45) is 0 Å². The monoisotopic (exact) mass is 262 g/mol. The van der Waals surface area contributed by atoms with Gasteiger partial charge in [0.25, 0.3) is 0 Å². The molecule has 4 heteroatoms. The molecule has 0 aliphatic carbocycles. The third kappa shape index (κ3) is 3.14. The predicted molar refractivity (Wildman–Crippen MR) is 74.9 cm³/mol. The van der Waals surface area contributed by atoms with E-state index in [0.717, 1.165) is 5.56 Å². The molecule has 1 aliphatic heterocycles. The molecule has 1 aromatic carbocycles. The minimum Gasteiger partial charge on any atom is -0.377 e. The number of ether oxygens (including phenoxy) is 1. The van der Waals surface area contributed by atoms with Gasteiger partial charge in [-0.05, 0) is 26.6 Å². The van der Waals surface area contributed by atoms with E-state index in [2.05, 4.69) is 0 Å². The second-order valence-corrected chi connectivity index (χ2v) is 5.23. The number of carbonyl (C=O) groups is 1. The topological polar surface area (TPSA) is 32.8 Å². The number of morpholine rings is 1. The highest BCUT2D eigenvalue weighted by Crippen LogP contribution is 2.22. The van der Waals surface area contributed by atoms with E-state index in [1.54, 1.807) is 0 Å². The molecule has 0 aromatic heterocycles. The molecule has 1 heterocycles. The van der Waals surface area contributed by atoms with Gasteiger partial charge in [0.2, 0.25) is 5.91 Å². The summed E-state index contributed by atoms with van der Waals surface area (Å²) in [5, 5.41) is 0. The Morgan fingerprint density at radius 1 is 1.37 bits per heavy atom. The van der Waals surface area contributed by atoms with E-state index in [9.17, 15) is 4.79 Å². The Morgan fingerprint density at radius 2 is 2.05 bits per heavy atom. The van der Waals surface area contributed by atoms with Gasteiger partial charge in [-0.15, -0.1) is 0 Å². The SMILES string of the molecule is CC1COCCN1C(=O)C(c1ccccc1)N(C)C. The van der Waals surface area contributed by atoms with Crippen molar-refractivity contribution < 1.29 is 9.53 Å². The van der Waals surface area contributed by atoms with Gasteiger partial charge in [0.05, 0.1) is 19.3 Å². The summed E-state index contributed by atoms with van der Waals surface area (Å²) in [6.45, 7) is 3.97. The van der Waals surface area contributed by atoms with Crippen molar-refractivity contribution in [3.8, 4) is 0 Å². The summed E-state index contributed by atoms with van der Waals surface area (Å²) in [6.07, 6.45) is 0. The molecule has 0 bridgehead atoms. The minimum atomic E-state index is -0.221. The summed E-state index contributed by atoms with van der Waals surface area (Å²) in [7, 11) is 3.89. The molecule has 1 aliphatic rings. The Labute approximate surface area is 115 Å². The van der Waals surface area contributed by atoms with Crippen LogP contribution in [0.4, 0.5) is 0 Å². The van der Waals surface area contributed by atoms with Gasteiger partial charge in [0, 0.05) is 6.54 Å². The standard InChI is InChI=1S/C15H22N2O2/c1-12-11-19-10-9-17(12)15(18)14(16(2)3)13-7-5-4-6-8-13/h4-8,12,14H,9-11H2,1-3H3. The van der Waals surface area contributed by atoms with Crippen LogP contribution >= 0.6 is 0 Å². The van der Waals surface area contributed by atoms with E-state index < -0.39 is 0 Å². The van der Waals surface area contributed by atoms with Crippen LogP contribution in [0.1, 0.15) is 18.5 Å². The summed E-state index contributed by atoms with van der Waals surface area (Å²) in [4.78, 5) is 16.7. The largest absolute Gasteiger partial charge is 0.377 e. The maximum atomic E-state index is 12.8. The van der Waals surface area contributed by atoms with Gasteiger partial charge < -0.3 is 9.64 Å². The molecule has 1 saturated heterocycles. The average Bonchev–Trinajstić information content (AvgIpc) is 2.40. The number of rotatable bonds is 3. The van der Waals surface area contributed by atoms with Gasteiger partial charge >= 0.3 is 0 Å². The van der Waals surface area contributed by atoms with Crippen LogP contribution in [0.3, 0.4) is 0 Å². The molecule has 1 aromatic rings. The molecule has 19 heavy (non-hydrogen) atoms. The maximum Gasteiger partial charge on any atom is 0.244 e. The summed E-state index contributed by atoms with van der Waals surface area (Å²) in [5.41, 5.74) is 1.04. The molecule has 0 spiro atoms. The molecule has 1 amide bonds. The van der Waals surface area contributed by atoms with Crippen LogP contribution < -0.4 is 0 Å². The quantitative estimate of drug-likeness (QED) is 0.828. The van der Waals surface area contributed by atoms with Crippen LogP contribution in [-0.2, 0) is 9.53 Å². The van der Waals surface area contributed by atoms with Crippen LogP contribution in [0.2, 0.25) is 0 Å². The third-order valence-electron chi connectivity index (χ3n) is 3.52. The summed E-state index contributed by atoms with van der Waals surface area (Å²) in [5.74, 6) is 0.159. The first kappa shape index (κ1) is 14.0. The number of nitrogens with zero attached hydrogens (tertiary/aromatic N) is 2. The van der Waals surface area contributed by atoms with E-state index in [-0.39, 0.29) is 18.0 Å². The van der Waals surface area contributed by atoms with Gasteiger partial charge in [-0.2, -0.15) is 0 Å². The molecule has 2 rings (SSSR count). The Bertz CT molecular complexity index is 419. The van der Waals surface area contributed by atoms with Crippen molar-refractivity contribution in [2.45, 2.75) is 19.0 Å². The number of hydrogen-bond acceptors (Lipinski definition) is 3. The molecule has 0 saturated carbocycles. The van der Waals surface area contributed by atoms with Crippen molar-refractivity contribution in [2.75, 3.05) is 33.9 Å². The zero-order chi connectivity index (χ0) is 13.8. The highest BCUT2D eigenvalue weighted by atomic mass is 16.5. The smallest absolute Gasteiger partial charge is 0.244 e. The molecule has 0 radical (unpaired) electrons. The highest BCUT2D eigenvalue weighted by molar-refractivity contribution is 5.83. The number of hydrogen-bond donors (Lipinski definition) is 0. The zero-order valence-electron chi connectivity index (χ0n) is 11.9. The Morgan fingerprint density at radius 3 is 2.63 bits per heavy atom. The van der Waals surface area contributed by atoms with Crippen LogP contribution in [0.5, 0.6) is 0 Å². The molecule has 0 N–H and O–H groups in total. The number of likely N-dealkylation sites (N-methyl/N-ethyl adjacent to an activating group) is 1. The molecule has 4 nitrogen and oxygen atoms in total. The molecule has 104 valence electrons. The summed E-state index contributed by atoms with van der Waals surface area (Å²) >= 11 is 0. The number of carbonyl (C=O) groups excluding carboxylic acids is 1. The molecular weight excluding hydrogens is 240 g/mol. The Kier molecular flexibility index (Phi) is 4.56. The van der Waals surface area contributed by atoms with Crippen LogP contribution in [0, 0.1) is 0 Å². The van der Waals surface area contributed by atoms with E-state index in [1.165, 1.54) is 0 Å². The van der Waals surface area contributed by atoms with Crippen LogP contribution in [0.25, 0.3) is 0 Å². The van der Waals surface area contributed by atoms with E-state index in [1.807, 2.05) is 61.2 Å². The number of amides is 1. The van der Waals surface area contributed by atoms with E-state index in [4.69, 9.17) is 4.74 Å². The van der Waals surface area contributed by atoms with Crippen molar-refractivity contribution in [1.29, 1.82) is 0 Å². The van der Waals surface area contributed by atoms with E-state index >= 15 is 0 Å². The van der Waals surface area contributed by atoms with E-state index in [0.29, 0.717) is 19.8 Å². The van der Waals surface area contributed by atoms with Crippen molar-refractivity contribution >= 4 is 5.91 Å². The lowest BCUT2D eigenvalue weighted by molar-refractivity contribution is -0.144. The van der Waals surface area contributed by atoms with Gasteiger partial charge in [0.15, 0.2) is 0 Å². The Balaban J connectivity index is 2.22. The second-order valence-electron chi connectivity index (χ2n) is 5.23. The lowest BCUT2D eigenvalue weighted by atomic mass is 10.0. The fourth-order valence-electron chi connectivity index (χ4n) is 2.51. The summed E-state index contributed by atoms with van der Waals surface area (Å²) < 4.78 is 5.40. The highest BCUT2D eigenvalue weighted by Gasteiger charge is 2.31. The van der Waals surface area contributed by atoms with Crippen LogP contribution in [-0.4, -0.2) is 55.6 Å². The van der Waals surface area contributed by atoms with Crippen molar-refractivity contribution in [3.05, 3.63) is 35.9 Å². The lowest BCUT2D eigenvalue weighted by Crippen LogP contribution is -2.50. The fraction of sp³-hybridized carbons (Fsp3) is 0.533. The van der Waals surface area contributed by atoms with Gasteiger partial charge in [-0.3, -0.25) is 9.69 Å². The fourth-order valence-corrected chi connectivity index (χ4v) is 2.51. The predicted octanol–water partition coefficient (Wildman–Crippen LogP) is 1.54. The Hall–Kier alpha value is -1.39. The first-order chi connectivity index (χ1) is 9.11. The summed E-state index contributed by atoms with van der Waals surface area (Å²) in [6, 6.07) is 9.86. The van der Waals surface area contributed by atoms with Crippen molar-refractivity contribution in [1.82, 2.24) is 9.80 Å². The van der Waals surface area contributed by atoms with Gasteiger partial charge in [0.1, 0.15) is 6.04 Å². The van der Waals surface area contributed by atoms with Crippen molar-refractivity contribution in [3.63, 3.8) is 0 Å². The number of benzene rings is 1. The minimum absolute atomic E-state index is 0.146. The second kappa shape index (κ2) is 6.17. The normalized spacial score (nSPS) is 21.5. The molecule has 2 unspecified atom stereocenters. The molecule has 1 fully saturated rings. The molecule has 2 atom stereocenters. The van der Waals surface area contributed by atoms with Gasteiger partial charge in [-0.25, -0.2) is 0 Å².